The molecule has 0 radical (unpaired) electrons. The lowest BCUT2D eigenvalue weighted by Gasteiger charge is -2.25. The number of nitrogens with zero attached hydrogens (tertiary/aromatic N) is 2. The second-order valence-electron chi connectivity index (χ2n) is 10.2. The molecule has 9 nitrogen and oxygen atoms in total. The topological polar surface area (TPSA) is 125 Å². The third kappa shape index (κ3) is 11.7. The van der Waals surface area contributed by atoms with Gasteiger partial charge in [0.25, 0.3) is 0 Å². The molecule has 0 spiro atoms. The standard InChI is InChI=1S/C27H42F2N4O5S/c1-5-8-33(9-6-2)39(36,37)10-7-27(35)31-25(14-20-12-21(28)15-22(29)13-20)26(34)18-30-17-24-16-23(32-38-24)11-19(3)4/h12-13,15-16,19,25-26,30,34H,5-11,14,17-18H2,1-4H3,(H,31,35)/t25-,26-/m0/s1. The van der Waals surface area contributed by atoms with Crippen molar-refractivity contribution in [3.05, 3.63) is 52.9 Å². The highest BCUT2D eigenvalue weighted by Gasteiger charge is 2.25. The normalized spacial score (nSPS) is 13.7. The lowest BCUT2D eigenvalue weighted by molar-refractivity contribution is -0.122. The summed E-state index contributed by atoms with van der Waals surface area (Å²) in [7, 11) is -3.64. The zero-order chi connectivity index (χ0) is 29.0. The van der Waals surface area contributed by atoms with E-state index in [2.05, 4.69) is 29.6 Å². The van der Waals surface area contributed by atoms with Gasteiger partial charge in [0.05, 0.1) is 30.1 Å². The van der Waals surface area contributed by atoms with Crippen LogP contribution in [0.15, 0.2) is 28.8 Å². The Balaban J connectivity index is 2.04. The Morgan fingerprint density at radius 3 is 2.31 bits per heavy atom. The van der Waals surface area contributed by atoms with Crippen LogP contribution >= 0.6 is 0 Å². The highest BCUT2D eigenvalue weighted by atomic mass is 32.2. The van der Waals surface area contributed by atoms with Gasteiger partial charge in [-0.25, -0.2) is 21.5 Å². The number of aliphatic hydroxyl groups excluding tert-OH is 1. The first-order valence-corrected chi connectivity index (χ1v) is 15.1. The van der Waals surface area contributed by atoms with Crippen LogP contribution in [0.4, 0.5) is 8.78 Å². The molecule has 2 atom stereocenters. The third-order valence-electron chi connectivity index (χ3n) is 5.99. The molecular weight excluding hydrogens is 530 g/mol. The number of halogens is 2. The molecule has 2 rings (SSSR count). The van der Waals surface area contributed by atoms with Gasteiger partial charge < -0.3 is 20.3 Å². The van der Waals surface area contributed by atoms with Crippen LogP contribution in [0.2, 0.25) is 0 Å². The molecule has 1 aromatic carbocycles. The van der Waals surface area contributed by atoms with Gasteiger partial charge in [0.15, 0.2) is 5.76 Å². The zero-order valence-electron chi connectivity index (χ0n) is 23.3. The van der Waals surface area contributed by atoms with Gasteiger partial charge in [0.1, 0.15) is 11.6 Å². The van der Waals surface area contributed by atoms with Gasteiger partial charge in [-0.05, 0) is 49.3 Å². The third-order valence-corrected chi connectivity index (χ3v) is 7.87. The van der Waals surface area contributed by atoms with Gasteiger partial charge >= 0.3 is 0 Å². The van der Waals surface area contributed by atoms with Gasteiger partial charge in [0.2, 0.25) is 15.9 Å². The number of carbonyl (C=O) groups is 1. The predicted molar refractivity (Wildman–Crippen MR) is 145 cm³/mol. The summed E-state index contributed by atoms with van der Waals surface area (Å²) < 4.78 is 59.7. The van der Waals surface area contributed by atoms with Crippen LogP contribution < -0.4 is 10.6 Å². The Bertz CT molecular complexity index is 1120. The van der Waals surface area contributed by atoms with Crippen molar-refractivity contribution in [3.63, 3.8) is 0 Å². The maximum atomic E-state index is 13.8. The summed E-state index contributed by atoms with van der Waals surface area (Å²) in [5, 5.41) is 20.6. The van der Waals surface area contributed by atoms with Crippen LogP contribution in [0.3, 0.4) is 0 Å². The van der Waals surface area contributed by atoms with Crippen molar-refractivity contribution in [2.24, 2.45) is 5.92 Å². The van der Waals surface area contributed by atoms with E-state index in [0.717, 1.165) is 30.3 Å². The molecule has 0 aliphatic heterocycles. The number of nitrogens with one attached hydrogen (secondary N) is 2. The first kappa shape index (κ1) is 32.8. The molecule has 1 heterocycles. The average Bonchev–Trinajstić information content (AvgIpc) is 3.28. The van der Waals surface area contributed by atoms with Crippen LogP contribution in [0.1, 0.15) is 64.0 Å². The maximum Gasteiger partial charge on any atom is 0.221 e. The molecule has 2 aromatic rings. The minimum atomic E-state index is -3.64. The number of carbonyl (C=O) groups excluding carboxylic acids is 1. The van der Waals surface area contributed by atoms with Crippen molar-refractivity contribution in [3.8, 4) is 0 Å². The molecule has 1 aromatic heterocycles. The minimum absolute atomic E-state index is 0.0298. The first-order chi connectivity index (χ1) is 18.4. The summed E-state index contributed by atoms with van der Waals surface area (Å²) in [5.41, 5.74) is 1.07. The smallest absolute Gasteiger partial charge is 0.221 e. The number of aromatic nitrogens is 1. The van der Waals surface area contributed by atoms with Crippen LogP contribution in [-0.2, 0) is 34.2 Å². The van der Waals surface area contributed by atoms with E-state index in [1.165, 1.54) is 4.31 Å². The van der Waals surface area contributed by atoms with E-state index in [4.69, 9.17) is 4.52 Å². The van der Waals surface area contributed by atoms with Gasteiger partial charge in [-0.2, -0.15) is 0 Å². The number of aliphatic hydroxyl groups is 1. The maximum absolute atomic E-state index is 13.8. The van der Waals surface area contributed by atoms with E-state index in [1.807, 2.05) is 19.9 Å². The second kappa shape index (κ2) is 16.0. The van der Waals surface area contributed by atoms with Crippen LogP contribution in [0.25, 0.3) is 0 Å². The van der Waals surface area contributed by atoms with E-state index in [9.17, 15) is 27.1 Å². The number of hydrogen-bond acceptors (Lipinski definition) is 7. The number of benzene rings is 1. The molecule has 1 amide bonds. The quantitative estimate of drug-likeness (QED) is 0.251. The molecule has 39 heavy (non-hydrogen) atoms. The number of hydrogen-bond donors (Lipinski definition) is 3. The Labute approximate surface area is 230 Å². The number of sulfonamides is 1. The van der Waals surface area contributed by atoms with Gasteiger partial charge in [0, 0.05) is 38.2 Å². The van der Waals surface area contributed by atoms with E-state index >= 15 is 0 Å². The molecule has 0 aliphatic carbocycles. The lowest BCUT2D eigenvalue weighted by atomic mass is 10.0. The summed E-state index contributed by atoms with van der Waals surface area (Å²) in [5.74, 6) is -1.50. The Kier molecular flexibility index (Phi) is 13.5. The highest BCUT2D eigenvalue weighted by Crippen LogP contribution is 2.13. The predicted octanol–water partition coefficient (Wildman–Crippen LogP) is 3.17. The van der Waals surface area contributed by atoms with Crippen molar-refractivity contribution < 1.29 is 31.6 Å². The summed E-state index contributed by atoms with van der Waals surface area (Å²) in [6, 6.07) is 3.90. The fraction of sp³-hybridized carbons (Fsp3) is 0.630. The van der Waals surface area contributed by atoms with E-state index in [0.29, 0.717) is 37.6 Å². The molecule has 0 saturated heterocycles. The van der Waals surface area contributed by atoms with Crippen LogP contribution in [0, 0.1) is 17.6 Å². The number of rotatable bonds is 18. The van der Waals surface area contributed by atoms with Crippen molar-refractivity contribution >= 4 is 15.9 Å². The van der Waals surface area contributed by atoms with Crippen LogP contribution in [0.5, 0.6) is 0 Å². The minimum Gasteiger partial charge on any atom is -0.390 e. The molecule has 0 saturated carbocycles. The molecule has 220 valence electrons. The van der Waals surface area contributed by atoms with Gasteiger partial charge in [-0.15, -0.1) is 0 Å². The first-order valence-electron chi connectivity index (χ1n) is 13.5. The summed E-state index contributed by atoms with van der Waals surface area (Å²) in [6.07, 6.45) is 0.570. The van der Waals surface area contributed by atoms with Crippen LogP contribution in [-0.4, -0.2) is 66.4 Å². The molecule has 0 bridgehead atoms. The number of amides is 1. The van der Waals surface area contributed by atoms with Gasteiger partial charge in [-0.1, -0.05) is 32.9 Å². The molecule has 0 aliphatic rings. The fourth-order valence-electron chi connectivity index (χ4n) is 4.22. The SMILES string of the molecule is CCCN(CCC)S(=O)(=O)CCC(=O)N[C@@H](Cc1cc(F)cc(F)c1)[C@@H](O)CNCc1cc(CC(C)C)no1. The van der Waals surface area contributed by atoms with E-state index in [-0.39, 0.29) is 37.2 Å². The van der Waals surface area contributed by atoms with E-state index < -0.39 is 39.7 Å². The molecule has 3 N–H and O–H groups in total. The second-order valence-corrected chi connectivity index (χ2v) is 12.3. The van der Waals surface area contributed by atoms with Gasteiger partial charge in [-0.3, -0.25) is 4.79 Å². The van der Waals surface area contributed by atoms with Crippen molar-refractivity contribution in [2.45, 2.75) is 78.5 Å². The Morgan fingerprint density at radius 1 is 1.08 bits per heavy atom. The monoisotopic (exact) mass is 572 g/mol. The molecule has 12 heteroatoms. The van der Waals surface area contributed by atoms with E-state index in [1.54, 1.807) is 0 Å². The molecular formula is C27H42F2N4O5S. The largest absolute Gasteiger partial charge is 0.390 e. The molecule has 0 fully saturated rings. The zero-order valence-corrected chi connectivity index (χ0v) is 24.1. The Hall–Kier alpha value is -2.41. The van der Waals surface area contributed by atoms with Crippen molar-refractivity contribution in [1.29, 1.82) is 0 Å². The fourth-order valence-corrected chi connectivity index (χ4v) is 5.85. The summed E-state index contributed by atoms with van der Waals surface area (Å²) >= 11 is 0. The average molecular weight is 573 g/mol. The molecule has 0 unspecified atom stereocenters. The van der Waals surface area contributed by atoms with Crippen molar-refractivity contribution in [2.75, 3.05) is 25.4 Å². The Morgan fingerprint density at radius 2 is 1.72 bits per heavy atom. The van der Waals surface area contributed by atoms with Crippen molar-refractivity contribution in [1.82, 2.24) is 20.1 Å². The summed E-state index contributed by atoms with van der Waals surface area (Å²) in [6.45, 7) is 8.97. The summed E-state index contributed by atoms with van der Waals surface area (Å²) in [4.78, 5) is 12.8. The highest BCUT2D eigenvalue weighted by molar-refractivity contribution is 7.89. The lowest BCUT2D eigenvalue weighted by Crippen LogP contribution is -2.49.